The molecule has 2 aromatic rings. The molecule has 0 aliphatic rings. The Morgan fingerprint density at radius 1 is 0.971 bits per heavy atom. The summed E-state index contributed by atoms with van der Waals surface area (Å²) in [6, 6.07) is 12.4. The summed E-state index contributed by atoms with van der Waals surface area (Å²) in [5, 5.41) is 2.98. The number of carbonyl (C=O) groups is 2. The van der Waals surface area contributed by atoms with Gasteiger partial charge in [-0.3, -0.25) is 13.9 Å². The van der Waals surface area contributed by atoms with Gasteiger partial charge in [-0.05, 0) is 63.3 Å². The zero-order valence-corrected chi connectivity index (χ0v) is 22.8. The lowest BCUT2D eigenvalue weighted by Crippen LogP contribution is -2.53. The fourth-order valence-electron chi connectivity index (χ4n) is 4.01. The van der Waals surface area contributed by atoms with Crippen LogP contribution in [0.1, 0.15) is 55.9 Å². The van der Waals surface area contributed by atoms with E-state index in [2.05, 4.69) is 5.32 Å². The van der Waals surface area contributed by atoms with Crippen molar-refractivity contribution < 1.29 is 18.0 Å². The van der Waals surface area contributed by atoms with Crippen LogP contribution in [0.2, 0.25) is 0 Å². The maximum absolute atomic E-state index is 13.8. The highest BCUT2D eigenvalue weighted by molar-refractivity contribution is 7.92. The summed E-state index contributed by atoms with van der Waals surface area (Å²) < 4.78 is 26.7. The molecule has 0 spiro atoms. The van der Waals surface area contributed by atoms with Crippen molar-refractivity contribution in [1.29, 1.82) is 0 Å². The number of nitrogens with zero attached hydrogens (tertiary/aromatic N) is 2. The van der Waals surface area contributed by atoms with Gasteiger partial charge < -0.3 is 10.2 Å². The van der Waals surface area contributed by atoms with Gasteiger partial charge in [0.05, 0.1) is 11.9 Å². The van der Waals surface area contributed by atoms with Crippen LogP contribution in [0, 0.1) is 20.8 Å². The van der Waals surface area contributed by atoms with Gasteiger partial charge in [0.15, 0.2) is 0 Å². The van der Waals surface area contributed by atoms with Crippen molar-refractivity contribution in [2.24, 2.45) is 0 Å². The summed E-state index contributed by atoms with van der Waals surface area (Å²) in [6.07, 6.45) is 2.27. The second-order valence-electron chi connectivity index (χ2n) is 9.25. The van der Waals surface area contributed by atoms with E-state index in [9.17, 15) is 18.0 Å². The zero-order chi connectivity index (χ0) is 26.3. The van der Waals surface area contributed by atoms with Crippen molar-refractivity contribution in [1.82, 2.24) is 10.2 Å². The molecule has 0 aromatic heterocycles. The lowest BCUT2D eigenvalue weighted by Gasteiger charge is -2.34. The highest BCUT2D eigenvalue weighted by Crippen LogP contribution is 2.24. The van der Waals surface area contributed by atoms with Crippen LogP contribution in [0.15, 0.2) is 42.5 Å². The van der Waals surface area contributed by atoms with Gasteiger partial charge in [0.25, 0.3) is 0 Å². The summed E-state index contributed by atoms with van der Waals surface area (Å²) in [5.74, 6) is -0.661. The Hall–Kier alpha value is -2.87. The first-order chi connectivity index (χ1) is 16.4. The van der Waals surface area contributed by atoms with E-state index in [-0.39, 0.29) is 25.0 Å². The van der Waals surface area contributed by atoms with Gasteiger partial charge in [-0.1, -0.05) is 55.8 Å². The Labute approximate surface area is 210 Å². The minimum Gasteiger partial charge on any atom is -0.352 e. The average Bonchev–Trinajstić information content (AvgIpc) is 2.78. The van der Waals surface area contributed by atoms with Crippen LogP contribution < -0.4 is 9.62 Å². The number of amides is 2. The highest BCUT2D eigenvalue weighted by atomic mass is 32.2. The Balaban J connectivity index is 2.49. The van der Waals surface area contributed by atoms with E-state index in [0.29, 0.717) is 12.1 Å². The lowest BCUT2D eigenvalue weighted by atomic mass is 10.1. The average molecular weight is 502 g/mol. The number of carbonyl (C=O) groups excluding carboxylic acids is 2. The van der Waals surface area contributed by atoms with Crippen molar-refractivity contribution in [2.75, 3.05) is 17.1 Å². The monoisotopic (exact) mass is 501 g/mol. The molecule has 0 heterocycles. The van der Waals surface area contributed by atoms with Crippen LogP contribution in [-0.2, 0) is 26.2 Å². The van der Waals surface area contributed by atoms with Crippen LogP contribution >= 0.6 is 0 Å². The maximum Gasteiger partial charge on any atom is 0.244 e. The number of anilines is 1. The third-order valence-corrected chi connectivity index (χ3v) is 7.42. The fourth-order valence-corrected chi connectivity index (χ4v) is 4.92. The normalized spacial score (nSPS) is 13.1. The quantitative estimate of drug-likeness (QED) is 0.502. The van der Waals surface area contributed by atoms with Gasteiger partial charge in [-0.25, -0.2) is 8.42 Å². The predicted octanol–water partition coefficient (Wildman–Crippen LogP) is 4.10. The van der Waals surface area contributed by atoms with Crippen molar-refractivity contribution in [3.8, 4) is 0 Å². The van der Waals surface area contributed by atoms with Crippen molar-refractivity contribution in [3.63, 3.8) is 0 Å². The van der Waals surface area contributed by atoms with E-state index >= 15 is 0 Å². The summed E-state index contributed by atoms with van der Waals surface area (Å²) in [7, 11) is -3.75. The van der Waals surface area contributed by atoms with Gasteiger partial charge in [0.1, 0.15) is 12.6 Å². The first kappa shape index (κ1) is 28.4. The van der Waals surface area contributed by atoms with E-state index in [1.165, 1.54) is 4.90 Å². The molecule has 0 saturated carbocycles. The van der Waals surface area contributed by atoms with Gasteiger partial charge in [-0.15, -0.1) is 0 Å². The molecule has 1 N–H and O–H groups in total. The number of sulfonamides is 1. The maximum atomic E-state index is 13.8. The predicted molar refractivity (Wildman–Crippen MR) is 142 cm³/mol. The van der Waals surface area contributed by atoms with Gasteiger partial charge in [0.2, 0.25) is 21.8 Å². The van der Waals surface area contributed by atoms with E-state index in [0.717, 1.165) is 39.2 Å². The third kappa shape index (κ3) is 7.56. The Morgan fingerprint density at radius 3 is 2.17 bits per heavy atom. The summed E-state index contributed by atoms with van der Waals surface area (Å²) in [4.78, 5) is 28.5. The summed E-state index contributed by atoms with van der Waals surface area (Å²) in [5.41, 5.74) is 4.12. The van der Waals surface area contributed by atoms with Crippen LogP contribution in [0.25, 0.3) is 0 Å². The topological polar surface area (TPSA) is 86.8 Å². The van der Waals surface area contributed by atoms with Gasteiger partial charge in [-0.2, -0.15) is 0 Å². The lowest BCUT2D eigenvalue weighted by molar-refractivity contribution is -0.140. The fraction of sp³-hybridized carbons (Fsp3) is 0.481. The molecule has 0 saturated heterocycles. The molecule has 192 valence electrons. The minimum atomic E-state index is -3.75. The number of hydrogen-bond donors (Lipinski definition) is 1. The SMILES string of the molecule is CC[C@H](C(=O)N[C@@H](C)CC)N(Cc1ccccc1C)C(=O)CN(c1ccc(C)cc1C)S(C)(=O)=O. The number of rotatable bonds is 11. The van der Waals surface area contributed by atoms with Crippen molar-refractivity contribution in [2.45, 2.75) is 73.0 Å². The molecule has 0 aliphatic carbocycles. The molecule has 2 atom stereocenters. The molecule has 35 heavy (non-hydrogen) atoms. The molecule has 0 unspecified atom stereocenters. The number of aryl methyl sites for hydroxylation is 3. The Kier molecular flexibility index (Phi) is 9.89. The number of hydrogen-bond acceptors (Lipinski definition) is 4. The molecule has 2 amide bonds. The molecule has 2 aromatic carbocycles. The molecular formula is C27H39N3O4S. The van der Waals surface area contributed by atoms with Crippen molar-refractivity contribution in [3.05, 3.63) is 64.7 Å². The number of nitrogens with one attached hydrogen (secondary N) is 1. The standard InChI is InChI=1S/C27H39N3O4S/c1-8-22(6)28-27(32)24(9-2)29(17-23-13-11-10-12-20(23)4)26(31)18-30(35(7,33)34)25-15-14-19(3)16-21(25)5/h10-16,22,24H,8-9,17-18H2,1-7H3,(H,28,32)/t22-,24+/m0/s1. The van der Waals surface area contributed by atoms with E-state index < -0.39 is 22.0 Å². The van der Waals surface area contributed by atoms with Crippen LogP contribution in [0.5, 0.6) is 0 Å². The van der Waals surface area contributed by atoms with Gasteiger partial charge >= 0.3 is 0 Å². The third-order valence-electron chi connectivity index (χ3n) is 6.29. The molecular weight excluding hydrogens is 462 g/mol. The second-order valence-corrected chi connectivity index (χ2v) is 11.2. The molecule has 0 aliphatic heterocycles. The molecule has 2 rings (SSSR count). The van der Waals surface area contributed by atoms with Crippen LogP contribution in [0.4, 0.5) is 5.69 Å². The molecule has 0 radical (unpaired) electrons. The smallest absolute Gasteiger partial charge is 0.244 e. The molecule has 8 heteroatoms. The summed E-state index contributed by atoms with van der Waals surface area (Å²) in [6.45, 7) is 11.3. The Bertz CT molecular complexity index is 1150. The van der Waals surface area contributed by atoms with Crippen LogP contribution in [-0.4, -0.2) is 50.0 Å². The minimum absolute atomic E-state index is 0.0327. The largest absolute Gasteiger partial charge is 0.352 e. The first-order valence-corrected chi connectivity index (χ1v) is 13.9. The second kappa shape index (κ2) is 12.2. The van der Waals surface area contributed by atoms with Crippen LogP contribution in [0.3, 0.4) is 0 Å². The molecule has 0 fully saturated rings. The molecule has 7 nitrogen and oxygen atoms in total. The Morgan fingerprint density at radius 2 is 1.63 bits per heavy atom. The zero-order valence-electron chi connectivity index (χ0n) is 22.0. The first-order valence-electron chi connectivity index (χ1n) is 12.1. The van der Waals surface area contributed by atoms with E-state index in [4.69, 9.17) is 0 Å². The van der Waals surface area contributed by atoms with Crippen molar-refractivity contribution >= 4 is 27.5 Å². The van der Waals surface area contributed by atoms with E-state index in [1.54, 1.807) is 6.07 Å². The highest BCUT2D eigenvalue weighted by Gasteiger charge is 2.32. The molecule has 0 bridgehead atoms. The number of benzene rings is 2. The van der Waals surface area contributed by atoms with Gasteiger partial charge in [0, 0.05) is 12.6 Å². The summed E-state index contributed by atoms with van der Waals surface area (Å²) >= 11 is 0. The van der Waals surface area contributed by atoms with E-state index in [1.807, 2.05) is 77.9 Å².